The Labute approximate surface area is 171 Å². The molecule has 28 heavy (non-hydrogen) atoms. The zero-order valence-electron chi connectivity index (χ0n) is 16.7. The minimum absolute atomic E-state index is 0.111. The fourth-order valence-corrected chi connectivity index (χ4v) is 6.72. The third-order valence-corrected chi connectivity index (χ3v) is 8.26. The van der Waals surface area contributed by atoms with Crippen LogP contribution in [0.4, 0.5) is 0 Å². The number of carbonyl (C=O) groups is 1. The summed E-state index contributed by atoms with van der Waals surface area (Å²) in [6, 6.07) is 8.56. The monoisotopic (exact) mass is 395 g/mol. The number of nitrogens with one attached hydrogen (secondary N) is 1. The van der Waals surface area contributed by atoms with E-state index in [1.165, 1.54) is 54.6 Å². The van der Waals surface area contributed by atoms with E-state index in [-0.39, 0.29) is 5.91 Å². The molecule has 1 amide bonds. The van der Waals surface area contributed by atoms with Crippen LogP contribution in [-0.2, 0) is 6.61 Å². The third kappa shape index (κ3) is 3.47. The normalized spacial score (nSPS) is 30.4. The van der Waals surface area contributed by atoms with Gasteiger partial charge < -0.3 is 10.1 Å². The highest BCUT2D eigenvalue weighted by Crippen LogP contribution is 2.53. The quantitative estimate of drug-likeness (QED) is 0.726. The summed E-state index contributed by atoms with van der Waals surface area (Å²) in [5.41, 5.74) is 3.57. The maximum atomic E-state index is 12.9. The highest BCUT2D eigenvalue weighted by Gasteiger charge is 2.48. The third-order valence-electron chi connectivity index (χ3n) is 7.29. The van der Waals surface area contributed by atoms with E-state index >= 15 is 0 Å². The number of benzene rings is 1. The van der Waals surface area contributed by atoms with Crippen molar-refractivity contribution in [2.45, 2.75) is 58.6 Å². The summed E-state index contributed by atoms with van der Waals surface area (Å²) in [6.45, 7) is 4.70. The molecule has 1 N–H and O–H groups in total. The van der Waals surface area contributed by atoms with Crippen LogP contribution in [-0.4, -0.2) is 11.9 Å². The van der Waals surface area contributed by atoms with Gasteiger partial charge in [-0.15, -0.1) is 11.3 Å². The first-order chi connectivity index (χ1) is 13.5. The van der Waals surface area contributed by atoms with Crippen LogP contribution in [0.5, 0.6) is 5.75 Å². The molecule has 4 heteroatoms. The number of hydrogen-bond donors (Lipinski definition) is 1. The zero-order chi connectivity index (χ0) is 19.3. The van der Waals surface area contributed by atoms with Gasteiger partial charge in [0, 0.05) is 11.6 Å². The van der Waals surface area contributed by atoms with Crippen LogP contribution in [0.15, 0.2) is 29.6 Å². The second-order valence-electron chi connectivity index (χ2n) is 9.28. The Morgan fingerprint density at radius 2 is 1.75 bits per heavy atom. The molecule has 148 valence electrons. The van der Waals surface area contributed by atoms with Crippen LogP contribution in [0.25, 0.3) is 0 Å². The van der Waals surface area contributed by atoms with Crippen molar-refractivity contribution in [3.8, 4) is 5.75 Å². The summed E-state index contributed by atoms with van der Waals surface area (Å²) >= 11 is 1.53. The lowest BCUT2D eigenvalue weighted by Crippen LogP contribution is -2.55. The maximum Gasteiger partial charge on any atom is 0.261 e. The first-order valence-corrected chi connectivity index (χ1v) is 11.5. The van der Waals surface area contributed by atoms with Crippen molar-refractivity contribution in [1.82, 2.24) is 5.32 Å². The van der Waals surface area contributed by atoms with E-state index in [4.69, 9.17) is 4.74 Å². The second-order valence-corrected chi connectivity index (χ2v) is 10.2. The van der Waals surface area contributed by atoms with Crippen molar-refractivity contribution in [2.24, 2.45) is 23.7 Å². The van der Waals surface area contributed by atoms with E-state index < -0.39 is 0 Å². The maximum absolute atomic E-state index is 12.9. The Hall–Kier alpha value is -1.81. The van der Waals surface area contributed by atoms with Gasteiger partial charge in [0.15, 0.2) is 0 Å². The van der Waals surface area contributed by atoms with E-state index in [0.717, 1.165) is 28.0 Å². The summed E-state index contributed by atoms with van der Waals surface area (Å²) < 4.78 is 5.92. The van der Waals surface area contributed by atoms with Gasteiger partial charge in [0.05, 0.1) is 4.88 Å². The van der Waals surface area contributed by atoms with Gasteiger partial charge in [0.1, 0.15) is 12.4 Å². The number of ether oxygens (including phenoxy) is 1. The van der Waals surface area contributed by atoms with E-state index in [1.807, 2.05) is 17.5 Å². The molecule has 1 heterocycles. The number of carbonyl (C=O) groups excluding carboxylic acids is 1. The smallest absolute Gasteiger partial charge is 0.261 e. The predicted molar refractivity (Wildman–Crippen MR) is 113 cm³/mol. The number of thiophene rings is 1. The van der Waals surface area contributed by atoms with Crippen molar-refractivity contribution in [1.29, 1.82) is 0 Å². The van der Waals surface area contributed by atoms with Crippen molar-refractivity contribution in [2.75, 3.05) is 0 Å². The van der Waals surface area contributed by atoms with Crippen LogP contribution in [0.2, 0.25) is 0 Å². The molecule has 0 unspecified atom stereocenters. The Morgan fingerprint density at radius 3 is 2.43 bits per heavy atom. The minimum atomic E-state index is 0.111. The van der Waals surface area contributed by atoms with Crippen LogP contribution >= 0.6 is 11.3 Å². The number of amides is 1. The van der Waals surface area contributed by atoms with Crippen molar-refractivity contribution in [3.63, 3.8) is 0 Å². The molecule has 4 fully saturated rings. The fourth-order valence-electron chi connectivity index (χ4n) is 5.92. The van der Waals surface area contributed by atoms with Crippen molar-refractivity contribution in [3.05, 3.63) is 51.2 Å². The molecule has 6 rings (SSSR count). The average molecular weight is 396 g/mol. The lowest BCUT2D eigenvalue weighted by Gasteiger charge is -2.54. The molecule has 0 spiro atoms. The minimum Gasteiger partial charge on any atom is -0.489 e. The van der Waals surface area contributed by atoms with E-state index in [1.54, 1.807) is 0 Å². The summed E-state index contributed by atoms with van der Waals surface area (Å²) in [7, 11) is 0. The van der Waals surface area contributed by atoms with E-state index in [0.29, 0.717) is 24.5 Å². The molecule has 4 aliphatic rings. The highest BCUT2D eigenvalue weighted by molar-refractivity contribution is 7.12. The molecule has 0 radical (unpaired) electrons. The van der Waals surface area contributed by atoms with E-state index in [9.17, 15) is 4.79 Å². The number of rotatable bonds is 5. The van der Waals surface area contributed by atoms with Crippen LogP contribution < -0.4 is 10.1 Å². The molecule has 4 bridgehead atoms. The lowest BCUT2D eigenvalue weighted by atomic mass is 9.54. The van der Waals surface area contributed by atoms with Gasteiger partial charge in [-0.1, -0.05) is 6.07 Å². The molecular weight excluding hydrogens is 366 g/mol. The fraction of sp³-hybridized carbons (Fsp3) is 0.542. The zero-order valence-corrected chi connectivity index (χ0v) is 17.6. The predicted octanol–water partition coefficient (Wildman–Crippen LogP) is 5.50. The largest absolute Gasteiger partial charge is 0.489 e. The SMILES string of the molecule is Cc1ccc(OCc2csc(C(=O)NC3C4CC5CC(C4)CC3C5)c2)cc1C. The molecule has 1 aromatic carbocycles. The average Bonchev–Trinajstić information content (AvgIpc) is 3.14. The first-order valence-electron chi connectivity index (χ1n) is 10.6. The van der Waals surface area contributed by atoms with Crippen molar-refractivity contribution >= 4 is 17.2 Å². The van der Waals surface area contributed by atoms with Gasteiger partial charge in [-0.3, -0.25) is 4.79 Å². The lowest BCUT2D eigenvalue weighted by molar-refractivity contribution is -0.0119. The molecule has 3 nitrogen and oxygen atoms in total. The van der Waals surface area contributed by atoms with E-state index in [2.05, 4.69) is 31.3 Å². The van der Waals surface area contributed by atoms with Gasteiger partial charge in [-0.05, 0) is 104 Å². The van der Waals surface area contributed by atoms with Gasteiger partial charge >= 0.3 is 0 Å². The van der Waals surface area contributed by atoms with Crippen LogP contribution in [0, 0.1) is 37.5 Å². The molecule has 4 saturated carbocycles. The van der Waals surface area contributed by atoms with Crippen molar-refractivity contribution < 1.29 is 9.53 Å². The van der Waals surface area contributed by atoms with Gasteiger partial charge in [-0.2, -0.15) is 0 Å². The number of hydrogen-bond acceptors (Lipinski definition) is 3. The van der Waals surface area contributed by atoms with Gasteiger partial charge in [0.25, 0.3) is 5.91 Å². The molecule has 1 aromatic heterocycles. The number of aryl methyl sites for hydroxylation is 2. The Kier molecular flexibility index (Phi) is 4.70. The highest BCUT2D eigenvalue weighted by atomic mass is 32.1. The molecule has 0 aliphatic heterocycles. The standard InChI is InChI=1S/C24H29NO2S/c1-14-3-4-21(5-15(14)2)27-12-18-11-22(28-13-18)24(26)25-23-19-7-16-6-17(9-19)10-20(23)8-16/h3-5,11,13,16-17,19-20,23H,6-10,12H2,1-2H3,(H,25,26). The molecule has 4 aliphatic carbocycles. The van der Waals surface area contributed by atoms with Crippen LogP contribution in [0.3, 0.4) is 0 Å². The first kappa shape index (κ1) is 18.2. The summed E-state index contributed by atoms with van der Waals surface area (Å²) in [4.78, 5) is 13.7. The second kappa shape index (κ2) is 7.22. The summed E-state index contributed by atoms with van der Waals surface area (Å²) in [6.07, 6.45) is 6.77. The Morgan fingerprint density at radius 1 is 1.04 bits per heavy atom. The van der Waals surface area contributed by atoms with Crippen LogP contribution in [0.1, 0.15) is 58.5 Å². The Balaban J connectivity index is 1.20. The molecule has 0 atom stereocenters. The van der Waals surface area contributed by atoms with Gasteiger partial charge in [-0.25, -0.2) is 0 Å². The summed E-state index contributed by atoms with van der Waals surface area (Å²) in [5.74, 6) is 4.30. The molecular formula is C24H29NO2S. The Bertz CT molecular complexity index is 858. The topological polar surface area (TPSA) is 38.3 Å². The summed E-state index contributed by atoms with van der Waals surface area (Å²) in [5, 5.41) is 5.46. The molecule has 0 saturated heterocycles. The van der Waals surface area contributed by atoms with Gasteiger partial charge in [0.2, 0.25) is 0 Å². The molecule has 2 aromatic rings.